The maximum absolute atomic E-state index is 11.8. The van der Waals surface area contributed by atoms with E-state index < -0.39 is 0 Å². The first kappa shape index (κ1) is 15.5. The van der Waals surface area contributed by atoms with Gasteiger partial charge in [-0.15, -0.1) is 0 Å². The van der Waals surface area contributed by atoms with Gasteiger partial charge in [-0.2, -0.15) is 0 Å². The summed E-state index contributed by atoms with van der Waals surface area (Å²) < 4.78 is 5.05. The molecule has 0 atom stereocenters. The average molecular weight is 265 g/mol. The van der Waals surface area contributed by atoms with Crippen LogP contribution in [0.3, 0.4) is 0 Å². The zero-order chi connectivity index (χ0) is 14.3. The van der Waals surface area contributed by atoms with E-state index >= 15 is 0 Å². The van der Waals surface area contributed by atoms with Gasteiger partial charge < -0.3 is 15.2 Å². The number of ether oxygens (including phenoxy) is 1. The molecule has 0 saturated heterocycles. The molecule has 0 radical (unpaired) electrons. The van der Waals surface area contributed by atoms with Gasteiger partial charge in [0.2, 0.25) is 5.91 Å². The van der Waals surface area contributed by atoms with Gasteiger partial charge in [0.15, 0.2) is 0 Å². The fraction of sp³-hybridized carbons (Fsp3) is 0.533. The molecule has 1 rings (SSSR count). The molecule has 0 aliphatic rings. The molecule has 4 heteroatoms. The molecule has 1 aromatic carbocycles. The molecule has 2 N–H and O–H groups in total. The monoisotopic (exact) mass is 265 g/mol. The average Bonchev–Trinajstić information content (AvgIpc) is 2.37. The normalized spacial score (nSPS) is 11.3. The number of carbonyl (C=O) groups is 1. The number of para-hydroxylation sites is 1. The molecule has 1 aromatic rings. The highest BCUT2D eigenvalue weighted by Crippen LogP contribution is 2.19. The van der Waals surface area contributed by atoms with E-state index in [0.717, 1.165) is 6.42 Å². The minimum absolute atomic E-state index is 0.00437. The smallest absolute Gasteiger partial charge is 0.224 e. The Morgan fingerprint density at radius 1 is 1.37 bits per heavy atom. The van der Waals surface area contributed by atoms with E-state index in [1.54, 1.807) is 25.3 Å². The number of phenols is 1. The highest BCUT2D eigenvalue weighted by molar-refractivity contribution is 5.79. The van der Waals surface area contributed by atoms with Crippen LogP contribution < -0.4 is 5.32 Å². The first-order valence-electron chi connectivity index (χ1n) is 6.47. The standard InChI is InChI=1S/C15H23NO3/c1-15(2,8-9-19-3)11-16-14(18)10-12-6-4-5-7-13(12)17/h4-7,17H,8-11H2,1-3H3,(H,16,18). The van der Waals surface area contributed by atoms with E-state index in [-0.39, 0.29) is 23.5 Å². The van der Waals surface area contributed by atoms with Crippen molar-refractivity contribution in [3.8, 4) is 5.75 Å². The Hall–Kier alpha value is -1.55. The summed E-state index contributed by atoms with van der Waals surface area (Å²) in [5.74, 6) is 0.0864. The number of methoxy groups -OCH3 is 1. The summed E-state index contributed by atoms with van der Waals surface area (Å²) >= 11 is 0. The van der Waals surface area contributed by atoms with Gasteiger partial charge in [0, 0.05) is 25.8 Å². The van der Waals surface area contributed by atoms with E-state index in [9.17, 15) is 9.90 Å². The first-order valence-corrected chi connectivity index (χ1v) is 6.47. The number of hydrogen-bond donors (Lipinski definition) is 2. The zero-order valence-corrected chi connectivity index (χ0v) is 11.9. The van der Waals surface area contributed by atoms with Gasteiger partial charge in [0.25, 0.3) is 0 Å². The van der Waals surface area contributed by atoms with Gasteiger partial charge in [-0.25, -0.2) is 0 Å². The summed E-state index contributed by atoms with van der Waals surface area (Å²) in [6.07, 6.45) is 1.09. The maximum atomic E-state index is 11.8. The third kappa shape index (κ3) is 5.75. The Morgan fingerprint density at radius 2 is 2.05 bits per heavy atom. The SMILES string of the molecule is COCCC(C)(C)CNC(=O)Cc1ccccc1O. The lowest BCUT2D eigenvalue weighted by Gasteiger charge is -2.24. The van der Waals surface area contributed by atoms with Gasteiger partial charge >= 0.3 is 0 Å². The summed E-state index contributed by atoms with van der Waals surface area (Å²) in [7, 11) is 1.67. The number of carbonyl (C=O) groups excluding carboxylic acids is 1. The predicted octanol–water partition coefficient (Wildman–Crippen LogP) is 2.11. The molecule has 0 heterocycles. The molecule has 0 saturated carbocycles. The van der Waals surface area contributed by atoms with E-state index in [1.807, 2.05) is 6.07 Å². The second-order valence-corrected chi connectivity index (χ2v) is 5.49. The summed E-state index contributed by atoms with van der Waals surface area (Å²) in [5, 5.41) is 12.5. The van der Waals surface area contributed by atoms with Gasteiger partial charge in [0.1, 0.15) is 5.75 Å². The number of nitrogens with one attached hydrogen (secondary N) is 1. The van der Waals surface area contributed by atoms with E-state index in [4.69, 9.17) is 4.74 Å². The number of benzene rings is 1. The van der Waals surface area contributed by atoms with Crippen molar-refractivity contribution >= 4 is 5.91 Å². The van der Waals surface area contributed by atoms with Gasteiger partial charge in [-0.1, -0.05) is 32.0 Å². The number of rotatable bonds is 7. The van der Waals surface area contributed by atoms with E-state index in [2.05, 4.69) is 19.2 Å². The largest absolute Gasteiger partial charge is 0.508 e. The van der Waals surface area contributed by atoms with Crippen molar-refractivity contribution < 1.29 is 14.6 Å². The van der Waals surface area contributed by atoms with Crippen LogP contribution >= 0.6 is 0 Å². The lowest BCUT2D eigenvalue weighted by Crippen LogP contribution is -2.35. The van der Waals surface area contributed by atoms with Gasteiger partial charge in [0.05, 0.1) is 6.42 Å². The Morgan fingerprint density at radius 3 is 2.68 bits per heavy atom. The van der Waals surface area contributed by atoms with Crippen LogP contribution in [0.4, 0.5) is 0 Å². The number of phenolic OH excluding ortho intramolecular Hbond substituents is 1. The maximum Gasteiger partial charge on any atom is 0.224 e. The Bertz CT molecular complexity index is 416. The van der Waals surface area contributed by atoms with Crippen molar-refractivity contribution in [1.82, 2.24) is 5.32 Å². The van der Waals surface area contributed by atoms with Crippen LogP contribution in [0.5, 0.6) is 5.75 Å². The molecule has 0 aromatic heterocycles. The van der Waals surface area contributed by atoms with Crippen molar-refractivity contribution in [3.63, 3.8) is 0 Å². The summed E-state index contributed by atoms with van der Waals surface area (Å²) in [6.45, 7) is 5.46. The molecule has 0 bridgehead atoms. The van der Waals surface area contributed by atoms with Crippen molar-refractivity contribution in [3.05, 3.63) is 29.8 Å². The molecule has 1 amide bonds. The number of aromatic hydroxyl groups is 1. The summed E-state index contributed by atoms with van der Waals surface area (Å²) in [6, 6.07) is 6.89. The van der Waals surface area contributed by atoms with Crippen LogP contribution in [0, 0.1) is 5.41 Å². The fourth-order valence-electron chi connectivity index (χ4n) is 1.70. The quantitative estimate of drug-likeness (QED) is 0.794. The molecule has 0 unspecified atom stereocenters. The van der Waals surface area contributed by atoms with E-state index in [1.165, 1.54) is 0 Å². The van der Waals surface area contributed by atoms with Gasteiger partial charge in [-0.3, -0.25) is 4.79 Å². The molecule has 19 heavy (non-hydrogen) atoms. The highest BCUT2D eigenvalue weighted by atomic mass is 16.5. The summed E-state index contributed by atoms with van der Waals surface area (Å²) in [5.41, 5.74) is 0.652. The van der Waals surface area contributed by atoms with Crippen LogP contribution in [0.15, 0.2) is 24.3 Å². The molecule has 0 spiro atoms. The Balaban J connectivity index is 2.42. The minimum atomic E-state index is -0.0769. The lowest BCUT2D eigenvalue weighted by atomic mass is 9.89. The topological polar surface area (TPSA) is 58.6 Å². The van der Waals surface area contributed by atoms with Crippen LogP contribution in [0.2, 0.25) is 0 Å². The second kappa shape index (κ2) is 7.14. The van der Waals surface area contributed by atoms with Crippen molar-refractivity contribution in [2.75, 3.05) is 20.3 Å². The first-order chi connectivity index (χ1) is 8.94. The molecule has 0 aliphatic heterocycles. The summed E-state index contributed by atoms with van der Waals surface area (Å²) in [4.78, 5) is 11.8. The number of hydrogen-bond acceptors (Lipinski definition) is 3. The molecular weight excluding hydrogens is 242 g/mol. The van der Waals surface area contributed by atoms with Crippen LogP contribution in [-0.4, -0.2) is 31.3 Å². The third-order valence-corrected chi connectivity index (χ3v) is 3.09. The predicted molar refractivity (Wildman–Crippen MR) is 75.1 cm³/mol. The van der Waals surface area contributed by atoms with Gasteiger partial charge in [-0.05, 0) is 17.9 Å². The minimum Gasteiger partial charge on any atom is -0.508 e. The molecule has 106 valence electrons. The lowest BCUT2D eigenvalue weighted by molar-refractivity contribution is -0.121. The van der Waals surface area contributed by atoms with Crippen LogP contribution in [-0.2, 0) is 16.0 Å². The zero-order valence-electron chi connectivity index (χ0n) is 11.9. The van der Waals surface area contributed by atoms with Crippen LogP contribution in [0.1, 0.15) is 25.8 Å². The van der Waals surface area contributed by atoms with Crippen molar-refractivity contribution in [2.24, 2.45) is 5.41 Å². The fourth-order valence-corrected chi connectivity index (χ4v) is 1.70. The number of amides is 1. The van der Waals surface area contributed by atoms with Crippen LogP contribution in [0.25, 0.3) is 0 Å². The highest BCUT2D eigenvalue weighted by Gasteiger charge is 2.18. The molecule has 0 aliphatic carbocycles. The molecule has 0 fully saturated rings. The van der Waals surface area contributed by atoms with Crippen molar-refractivity contribution in [2.45, 2.75) is 26.7 Å². The second-order valence-electron chi connectivity index (χ2n) is 5.49. The van der Waals surface area contributed by atoms with E-state index in [0.29, 0.717) is 18.7 Å². The van der Waals surface area contributed by atoms with Crippen molar-refractivity contribution in [1.29, 1.82) is 0 Å². The molecule has 4 nitrogen and oxygen atoms in total. The Labute approximate surface area is 114 Å². The Kier molecular flexibility index (Phi) is 5.83. The third-order valence-electron chi connectivity index (χ3n) is 3.09. The molecular formula is C15H23NO3.